The van der Waals surface area contributed by atoms with Crippen LogP contribution in [-0.4, -0.2) is 27.6 Å². The summed E-state index contributed by atoms with van der Waals surface area (Å²) >= 11 is 0. The van der Waals surface area contributed by atoms with Gasteiger partial charge in [0.2, 0.25) is 0 Å². The highest BCUT2D eigenvalue weighted by atomic mass is 16.4. The molecule has 128 valence electrons. The second kappa shape index (κ2) is 8.12. The molecule has 0 radical (unpaired) electrons. The zero-order valence-electron chi connectivity index (χ0n) is 13.6. The van der Waals surface area contributed by atoms with Crippen molar-refractivity contribution in [2.45, 2.75) is 12.6 Å². The number of rotatable bonds is 6. The molecule has 2 N–H and O–H groups in total. The van der Waals surface area contributed by atoms with E-state index < -0.39 is 6.10 Å². The Labute approximate surface area is 145 Å². The smallest absolute Gasteiger partial charge is 0.322 e. The fourth-order valence-electron chi connectivity index (χ4n) is 2.44. The third kappa shape index (κ3) is 4.68. The Bertz CT molecular complexity index is 776. The van der Waals surface area contributed by atoms with Gasteiger partial charge in [-0.25, -0.2) is 4.79 Å². The van der Waals surface area contributed by atoms with Gasteiger partial charge in [0.25, 0.3) is 0 Å². The second-order valence-corrected chi connectivity index (χ2v) is 5.57. The number of aromatic nitrogens is 1. The zero-order chi connectivity index (χ0) is 17.5. The molecule has 0 spiro atoms. The minimum atomic E-state index is -0.904. The Morgan fingerprint density at radius 1 is 1.16 bits per heavy atom. The minimum Gasteiger partial charge on any atom is -0.467 e. The Kier molecular flexibility index (Phi) is 5.43. The van der Waals surface area contributed by atoms with Crippen LogP contribution in [-0.2, 0) is 6.54 Å². The summed E-state index contributed by atoms with van der Waals surface area (Å²) in [5.41, 5.74) is 1.56. The molecular formula is C19H19N3O3. The lowest BCUT2D eigenvalue weighted by molar-refractivity contribution is 0.105. The van der Waals surface area contributed by atoms with E-state index in [1.165, 1.54) is 11.2 Å². The molecule has 1 atom stereocenters. The van der Waals surface area contributed by atoms with Crippen LogP contribution in [0.25, 0.3) is 0 Å². The molecule has 2 aromatic heterocycles. The molecule has 0 saturated heterocycles. The number of pyridine rings is 1. The minimum absolute atomic E-state index is 0.106. The number of furan rings is 1. The van der Waals surface area contributed by atoms with Gasteiger partial charge in [-0.3, -0.25) is 4.98 Å². The predicted octanol–water partition coefficient (Wildman–Crippen LogP) is 3.44. The summed E-state index contributed by atoms with van der Waals surface area (Å²) < 4.78 is 5.23. The number of amides is 2. The Morgan fingerprint density at radius 3 is 2.68 bits per heavy atom. The number of urea groups is 1. The van der Waals surface area contributed by atoms with Gasteiger partial charge in [0.1, 0.15) is 11.9 Å². The van der Waals surface area contributed by atoms with E-state index >= 15 is 0 Å². The number of anilines is 1. The molecule has 1 aromatic carbocycles. The van der Waals surface area contributed by atoms with Crippen LogP contribution in [0.5, 0.6) is 0 Å². The monoisotopic (exact) mass is 337 g/mol. The standard InChI is InChI=1S/C19H19N3O3/c23-17(18-9-5-11-25-18)14-22(13-15-6-2-1-3-7-15)19(24)21-16-8-4-10-20-12-16/h1-12,17,23H,13-14H2,(H,21,24). The summed E-state index contributed by atoms with van der Waals surface area (Å²) in [6.07, 6.45) is 3.80. The van der Waals surface area contributed by atoms with Crippen LogP contribution in [0, 0.1) is 0 Å². The number of nitrogens with one attached hydrogen (secondary N) is 1. The quantitative estimate of drug-likeness (QED) is 0.722. The van der Waals surface area contributed by atoms with E-state index in [4.69, 9.17) is 4.42 Å². The van der Waals surface area contributed by atoms with Gasteiger partial charge in [0.15, 0.2) is 0 Å². The van der Waals surface area contributed by atoms with Crippen LogP contribution in [0.15, 0.2) is 77.7 Å². The normalized spacial score (nSPS) is 11.7. The van der Waals surface area contributed by atoms with Gasteiger partial charge in [-0.05, 0) is 29.8 Å². The fraction of sp³-hybridized carbons (Fsp3) is 0.158. The summed E-state index contributed by atoms with van der Waals surface area (Å²) in [5, 5.41) is 13.1. The summed E-state index contributed by atoms with van der Waals surface area (Å²) in [7, 11) is 0. The molecule has 0 saturated carbocycles. The van der Waals surface area contributed by atoms with Crippen molar-refractivity contribution in [2.24, 2.45) is 0 Å². The van der Waals surface area contributed by atoms with Crippen molar-refractivity contribution < 1.29 is 14.3 Å². The Hall–Kier alpha value is -3.12. The van der Waals surface area contributed by atoms with Crippen LogP contribution >= 0.6 is 0 Å². The van der Waals surface area contributed by atoms with Crippen molar-refractivity contribution in [3.8, 4) is 0 Å². The molecule has 0 aliphatic heterocycles. The Balaban J connectivity index is 1.74. The molecule has 0 fully saturated rings. The van der Waals surface area contributed by atoms with Gasteiger partial charge in [-0.2, -0.15) is 0 Å². The average Bonchev–Trinajstić information content (AvgIpc) is 3.18. The average molecular weight is 337 g/mol. The maximum atomic E-state index is 12.7. The third-order valence-corrected chi connectivity index (χ3v) is 3.68. The molecule has 6 heteroatoms. The lowest BCUT2D eigenvalue weighted by Crippen LogP contribution is -2.37. The van der Waals surface area contributed by atoms with Crippen LogP contribution in [0.1, 0.15) is 17.4 Å². The van der Waals surface area contributed by atoms with Crippen LogP contribution in [0.2, 0.25) is 0 Å². The van der Waals surface area contributed by atoms with Gasteiger partial charge >= 0.3 is 6.03 Å². The van der Waals surface area contributed by atoms with Crippen molar-refractivity contribution in [2.75, 3.05) is 11.9 Å². The number of benzene rings is 1. The van der Waals surface area contributed by atoms with Crippen molar-refractivity contribution in [1.82, 2.24) is 9.88 Å². The first-order chi connectivity index (χ1) is 12.2. The largest absolute Gasteiger partial charge is 0.467 e. The lowest BCUT2D eigenvalue weighted by Gasteiger charge is -2.25. The first-order valence-electron chi connectivity index (χ1n) is 7.94. The van der Waals surface area contributed by atoms with E-state index in [9.17, 15) is 9.90 Å². The molecule has 3 aromatic rings. The topological polar surface area (TPSA) is 78.6 Å². The fourth-order valence-corrected chi connectivity index (χ4v) is 2.44. The van der Waals surface area contributed by atoms with E-state index in [0.717, 1.165) is 5.56 Å². The molecule has 0 aliphatic rings. The summed E-state index contributed by atoms with van der Waals surface area (Å²) in [4.78, 5) is 18.2. The maximum absolute atomic E-state index is 12.7. The van der Waals surface area contributed by atoms with Crippen molar-refractivity contribution in [1.29, 1.82) is 0 Å². The summed E-state index contributed by atoms with van der Waals surface area (Å²) in [5.74, 6) is 0.423. The Morgan fingerprint density at radius 2 is 2.00 bits per heavy atom. The van der Waals surface area contributed by atoms with E-state index in [1.54, 1.807) is 36.7 Å². The third-order valence-electron chi connectivity index (χ3n) is 3.68. The molecule has 0 aliphatic carbocycles. The molecule has 6 nitrogen and oxygen atoms in total. The first kappa shape index (κ1) is 16.7. The SMILES string of the molecule is O=C(Nc1cccnc1)N(Cc1ccccc1)CC(O)c1ccco1. The highest BCUT2D eigenvalue weighted by Crippen LogP contribution is 2.17. The van der Waals surface area contributed by atoms with Crippen molar-refractivity contribution in [3.63, 3.8) is 0 Å². The number of hydrogen-bond donors (Lipinski definition) is 2. The lowest BCUT2D eigenvalue weighted by atomic mass is 10.2. The van der Waals surface area contributed by atoms with Gasteiger partial charge in [0, 0.05) is 12.7 Å². The van der Waals surface area contributed by atoms with Crippen molar-refractivity contribution in [3.05, 3.63) is 84.6 Å². The molecule has 1 unspecified atom stereocenters. The number of aliphatic hydroxyl groups is 1. The van der Waals surface area contributed by atoms with Crippen LogP contribution < -0.4 is 5.32 Å². The number of carbonyl (C=O) groups excluding carboxylic acids is 1. The second-order valence-electron chi connectivity index (χ2n) is 5.57. The van der Waals surface area contributed by atoms with Crippen molar-refractivity contribution >= 4 is 11.7 Å². The molecule has 3 rings (SSSR count). The molecule has 2 amide bonds. The summed E-state index contributed by atoms with van der Waals surface area (Å²) in [6.45, 7) is 0.471. The molecule has 2 heterocycles. The van der Waals surface area contributed by atoms with E-state index in [2.05, 4.69) is 10.3 Å². The van der Waals surface area contributed by atoms with Gasteiger partial charge < -0.3 is 19.7 Å². The van der Waals surface area contributed by atoms with Crippen LogP contribution in [0.3, 0.4) is 0 Å². The zero-order valence-corrected chi connectivity index (χ0v) is 13.6. The summed E-state index contributed by atoms with van der Waals surface area (Å²) in [6, 6.07) is 16.2. The van der Waals surface area contributed by atoms with Gasteiger partial charge in [-0.15, -0.1) is 0 Å². The van der Waals surface area contributed by atoms with E-state index in [0.29, 0.717) is 18.0 Å². The predicted molar refractivity (Wildman–Crippen MR) is 93.8 cm³/mol. The van der Waals surface area contributed by atoms with E-state index in [-0.39, 0.29) is 12.6 Å². The molecular weight excluding hydrogens is 318 g/mol. The molecule has 0 bridgehead atoms. The highest BCUT2D eigenvalue weighted by Gasteiger charge is 2.21. The van der Waals surface area contributed by atoms with Gasteiger partial charge in [0.05, 0.1) is 24.7 Å². The number of carbonyl (C=O) groups is 1. The van der Waals surface area contributed by atoms with E-state index in [1.807, 2.05) is 30.3 Å². The van der Waals surface area contributed by atoms with Crippen LogP contribution in [0.4, 0.5) is 10.5 Å². The number of nitrogens with zero attached hydrogens (tertiary/aromatic N) is 2. The maximum Gasteiger partial charge on any atom is 0.322 e. The first-order valence-corrected chi connectivity index (χ1v) is 7.94. The van der Waals surface area contributed by atoms with Gasteiger partial charge in [-0.1, -0.05) is 30.3 Å². The number of aliphatic hydroxyl groups excluding tert-OH is 1. The highest BCUT2D eigenvalue weighted by molar-refractivity contribution is 5.89. The molecule has 25 heavy (non-hydrogen) atoms. The number of hydrogen-bond acceptors (Lipinski definition) is 4.